The van der Waals surface area contributed by atoms with Gasteiger partial charge in [0.15, 0.2) is 0 Å². The lowest BCUT2D eigenvalue weighted by molar-refractivity contribution is -0.193. The van der Waals surface area contributed by atoms with Gasteiger partial charge in [-0.15, -0.1) is 0 Å². The van der Waals surface area contributed by atoms with Gasteiger partial charge < -0.3 is 25.3 Å². The molecule has 15 heteroatoms. The first-order chi connectivity index (χ1) is 19.3. The summed E-state index contributed by atoms with van der Waals surface area (Å²) in [5.74, 6) is -4.80. The van der Waals surface area contributed by atoms with E-state index in [0.717, 1.165) is 50.4 Å². The van der Waals surface area contributed by atoms with Gasteiger partial charge in [-0.25, -0.2) is 14.6 Å². The van der Waals surface area contributed by atoms with Gasteiger partial charge in [-0.2, -0.15) is 26.3 Å². The van der Waals surface area contributed by atoms with Crippen molar-refractivity contribution in [1.29, 1.82) is 0 Å². The summed E-state index contributed by atoms with van der Waals surface area (Å²) in [5.41, 5.74) is 4.40. The number of pyridine rings is 1. The van der Waals surface area contributed by atoms with Crippen molar-refractivity contribution in [1.82, 2.24) is 15.2 Å². The summed E-state index contributed by atoms with van der Waals surface area (Å²) in [6.07, 6.45) is -7.24. The van der Waals surface area contributed by atoms with Crippen LogP contribution >= 0.6 is 0 Å². The van der Waals surface area contributed by atoms with Crippen LogP contribution in [0.25, 0.3) is 0 Å². The van der Waals surface area contributed by atoms with Crippen molar-refractivity contribution >= 4 is 23.7 Å². The number of rotatable bonds is 6. The molecular formula is C27H34F6N4O5. The zero-order valence-electron chi connectivity index (χ0n) is 23.5. The highest BCUT2D eigenvalue weighted by Gasteiger charge is 2.38. The highest BCUT2D eigenvalue weighted by atomic mass is 19.4. The number of halogens is 6. The van der Waals surface area contributed by atoms with Gasteiger partial charge in [0.05, 0.1) is 5.56 Å². The maximum atomic E-state index is 12.7. The quantitative estimate of drug-likeness (QED) is 0.418. The average Bonchev–Trinajstić information content (AvgIpc) is 3.08. The van der Waals surface area contributed by atoms with Gasteiger partial charge in [0.25, 0.3) is 5.91 Å². The molecule has 1 aliphatic rings. The van der Waals surface area contributed by atoms with Gasteiger partial charge in [-0.05, 0) is 43.9 Å². The molecule has 1 aromatic carbocycles. The molecule has 2 aromatic rings. The zero-order chi connectivity index (χ0) is 32.3. The van der Waals surface area contributed by atoms with Crippen LogP contribution in [0.5, 0.6) is 0 Å². The fourth-order valence-electron chi connectivity index (χ4n) is 3.67. The number of carboxylic acid groups (broad SMARTS) is 2. The Morgan fingerprint density at radius 1 is 0.952 bits per heavy atom. The number of nitrogens with one attached hydrogen (secondary N) is 1. The van der Waals surface area contributed by atoms with Gasteiger partial charge in [0, 0.05) is 51.9 Å². The van der Waals surface area contributed by atoms with Crippen LogP contribution < -0.4 is 10.2 Å². The van der Waals surface area contributed by atoms with E-state index in [1.54, 1.807) is 0 Å². The Bertz CT molecular complexity index is 1160. The number of hydrogen-bond donors (Lipinski definition) is 3. The van der Waals surface area contributed by atoms with E-state index in [9.17, 15) is 31.1 Å². The molecular weight excluding hydrogens is 574 g/mol. The molecule has 234 valence electrons. The molecule has 1 aromatic heterocycles. The lowest BCUT2D eigenvalue weighted by Crippen LogP contribution is -2.32. The van der Waals surface area contributed by atoms with Crippen molar-refractivity contribution < 1.29 is 50.9 Å². The van der Waals surface area contributed by atoms with Gasteiger partial charge in [0.1, 0.15) is 5.82 Å². The highest BCUT2D eigenvalue weighted by molar-refractivity contribution is 5.99. The molecule has 2 heterocycles. The number of nitrogens with zero attached hydrogens (tertiary/aromatic N) is 3. The van der Waals surface area contributed by atoms with Crippen LogP contribution in [0.1, 0.15) is 41.0 Å². The number of carbonyl (C=O) groups excluding carboxylic acids is 1. The second-order valence-electron chi connectivity index (χ2n) is 9.67. The SMILES string of the molecule is CC(C)NC(=O)c1cc2c(nc1N(C)C)CCN(CCc1ccccc1)CC2.O=C(O)C(F)(F)F.O=C(O)C(F)(F)F. The van der Waals surface area contributed by atoms with Gasteiger partial charge >= 0.3 is 24.3 Å². The number of carboxylic acids is 2. The fourth-order valence-corrected chi connectivity index (χ4v) is 3.67. The Morgan fingerprint density at radius 3 is 1.90 bits per heavy atom. The summed E-state index contributed by atoms with van der Waals surface area (Å²) in [5, 5.41) is 17.3. The molecule has 3 rings (SSSR count). The maximum absolute atomic E-state index is 12.7. The molecule has 0 unspecified atom stereocenters. The average molecular weight is 609 g/mol. The van der Waals surface area contributed by atoms with Crippen molar-refractivity contribution in [3.63, 3.8) is 0 Å². The minimum Gasteiger partial charge on any atom is -0.475 e. The Labute approximate surface area is 239 Å². The second-order valence-corrected chi connectivity index (χ2v) is 9.67. The van der Waals surface area contributed by atoms with Gasteiger partial charge in [-0.3, -0.25) is 4.79 Å². The van der Waals surface area contributed by atoms with Crippen molar-refractivity contribution in [3.8, 4) is 0 Å². The van der Waals surface area contributed by atoms with E-state index in [1.165, 1.54) is 11.1 Å². The van der Waals surface area contributed by atoms with E-state index in [4.69, 9.17) is 24.8 Å². The van der Waals surface area contributed by atoms with Crippen molar-refractivity contribution in [2.24, 2.45) is 0 Å². The third-order valence-corrected chi connectivity index (χ3v) is 5.67. The number of alkyl halides is 6. The number of hydrogen-bond acceptors (Lipinski definition) is 6. The summed E-state index contributed by atoms with van der Waals surface area (Å²) in [6, 6.07) is 12.8. The zero-order valence-corrected chi connectivity index (χ0v) is 23.5. The monoisotopic (exact) mass is 608 g/mol. The topological polar surface area (TPSA) is 123 Å². The van der Waals surface area contributed by atoms with E-state index >= 15 is 0 Å². The lowest BCUT2D eigenvalue weighted by Gasteiger charge is -2.19. The third kappa shape index (κ3) is 12.7. The summed E-state index contributed by atoms with van der Waals surface area (Å²) in [4.78, 5) is 39.8. The third-order valence-electron chi connectivity index (χ3n) is 5.67. The molecule has 0 spiro atoms. The number of benzene rings is 1. The van der Waals surface area contributed by atoms with Crippen molar-refractivity contribution in [2.75, 3.05) is 38.6 Å². The van der Waals surface area contributed by atoms with E-state index in [1.807, 2.05) is 32.8 Å². The van der Waals surface area contributed by atoms with Gasteiger partial charge in [0.2, 0.25) is 0 Å². The lowest BCUT2D eigenvalue weighted by atomic mass is 10.0. The molecule has 0 radical (unpaired) electrons. The molecule has 0 bridgehead atoms. The van der Waals surface area contributed by atoms with E-state index in [-0.39, 0.29) is 11.9 Å². The first-order valence-electron chi connectivity index (χ1n) is 12.7. The summed E-state index contributed by atoms with van der Waals surface area (Å²) in [6.45, 7) is 7.04. The largest absolute Gasteiger partial charge is 0.490 e. The molecule has 0 saturated heterocycles. The first kappa shape index (κ1) is 36.1. The summed E-state index contributed by atoms with van der Waals surface area (Å²) >= 11 is 0. The minimum absolute atomic E-state index is 0.0424. The predicted molar refractivity (Wildman–Crippen MR) is 143 cm³/mol. The molecule has 42 heavy (non-hydrogen) atoms. The number of aliphatic carboxylic acids is 2. The molecule has 3 N–H and O–H groups in total. The Balaban J connectivity index is 0.000000522. The van der Waals surface area contributed by atoms with Crippen LogP contribution in [0, 0.1) is 0 Å². The molecule has 0 atom stereocenters. The van der Waals surface area contributed by atoms with Crippen LogP contribution in [0.15, 0.2) is 36.4 Å². The van der Waals surface area contributed by atoms with Crippen molar-refractivity contribution in [2.45, 2.75) is 51.5 Å². The summed E-state index contributed by atoms with van der Waals surface area (Å²) in [7, 11) is 3.90. The number of amides is 1. The normalized spacial score (nSPS) is 13.4. The molecule has 0 aliphatic carbocycles. The first-order valence-corrected chi connectivity index (χ1v) is 12.7. The van der Waals surface area contributed by atoms with Crippen molar-refractivity contribution in [3.05, 3.63) is 58.8 Å². The molecule has 0 saturated carbocycles. The Kier molecular flexibility index (Phi) is 13.7. The van der Waals surface area contributed by atoms with E-state index in [0.29, 0.717) is 5.56 Å². The molecule has 1 aliphatic heterocycles. The summed E-state index contributed by atoms with van der Waals surface area (Å²) < 4.78 is 63.5. The van der Waals surface area contributed by atoms with E-state index < -0.39 is 24.3 Å². The second kappa shape index (κ2) is 15.9. The maximum Gasteiger partial charge on any atom is 0.490 e. The highest BCUT2D eigenvalue weighted by Crippen LogP contribution is 2.24. The predicted octanol–water partition coefficient (Wildman–Crippen LogP) is 4.20. The number of anilines is 1. The Morgan fingerprint density at radius 2 is 1.45 bits per heavy atom. The van der Waals surface area contributed by atoms with E-state index in [2.05, 4.69) is 46.6 Å². The van der Waals surface area contributed by atoms with Crippen LogP contribution in [0.3, 0.4) is 0 Å². The molecule has 0 fully saturated rings. The Hall–Kier alpha value is -3.88. The molecule has 9 nitrogen and oxygen atoms in total. The molecule has 1 amide bonds. The van der Waals surface area contributed by atoms with Crippen LogP contribution in [-0.2, 0) is 28.9 Å². The van der Waals surface area contributed by atoms with Crippen LogP contribution in [-0.4, -0.2) is 90.1 Å². The van der Waals surface area contributed by atoms with Crippen LogP contribution in [0.2, 0.25) is 0 Å². The number of fused-ring (bicyclic) bond motifs is 1. The number of carbonyl (C=O) groups is 3. The van der Waals surface area contributed by atoms with Crippen LogP contribution in [0.4, 0.5) is 32.2 Å². The minimum atomic E-state index is -5.08. The number of aromatic nitrogens is 1. The fraction of sp³-hybridized carbons (Fsp3) is 0.481. The standard InChI is InChI=1S/C23H32N4O.2C2HF3O2/c1-17(2)24-23(28)20-16-19-11-14-27(13-10-18-8-6-5-7-9-18)15-12-21(19)25-22(20)26(3)4;2*3-2(4,5)1(6)7/h5-9,16-17H,10-15H2,1-4H3,(H,24,28);2*(H,6,7). The smallest absolute Gasteiger partial charge is 0.475 e. The van der Waals surface area contributed by atoms with Gasteiger partial charge in [-0.1, -0.05) is 30.3 Å².